The fraction of sp³-hybridized carbons (Fsp3) is 0.289. The lowest BCUT2D eigenvalue weighted by Crippen LogP contribution is -2.24. The molecule has 0 atom stereocenters. The van der Waals surface area contributed by atoms with E-state index in [-0.39, 0.29) is 0 Å². The van der Waals surface area contributed by atoms with Gasteiger partial charge in [-0.3, -0.25) is 0 Å². The van der Waals surface area contributed by atoms with Crippen molar-refractivity contribution in [2.45, 2.75) is 33.2 Å². The van der Waals surface area contributed by atoms with E-state index >= 15 is 0 Å². The molecular formula is C38H45N5. The molecule has 5 rings (SSSR count). The van der Waals surface area contributed by atoms with E-state index in [4.69, 9.17) is 4.99 Å². The largest absolute Gasteiger partial charge is 0.373 e. The number of likely N-dealkylation sites (N-methyl/N-ethyl adjacent to an activating group) is 2. The van der Waals surface area contributed by atoms with Gasteiger partial charge in [0.1, 0.15) is 5.49 Å². The van der Waals surface area contributed by atoms with Crippen molar-refractivity contribution in [2.24, 2.45) is 12.0 Å². The maximum absolute atomic E-state index is 4.82. The number of hydrogen-bond donors (Lipinski definition) is 2. The zero-order valence-electron chi connectivity index (χ0n) is 26.4. The first-order chi connectivity index (χ1) is 20.9. The smallest absolute Gasteiger partial charge is 0.132 e. The second-order valence-corrected chi connectivity index (χ2v) is 11.5. The molecule has 5 nitrogen and oxygen atoms in total. The van der Waals surface area contributed by atoms with Crippen LogP contribution in [0.3, 0.4) is 0 Å². The molecule has 0 bridgehead atoms. The minimum atomic E-state index is 0.733. The first-order valence-electron chi connectivity index (χ1n) is 15.4. The maximum Gasteiger partial charge on any atom is 0.132 e. The summed E-state index contributed by atoms with van der Waals surface area (Å²) >= 11 is 0. The molecule has 4 aromatic rings. The lowest BCUT2D eigenvalue weighted by Gasteiger charge is -2.21. The highest BCUT2D eigenvalue weighted by Crippen LogP contribution is 2.38. The summed E-state index contributed by atoms with van der Waals surface area (Å²) in [5.41, 5.74) is 14.9. The zero-order valence-corrected chi connectivity index (χ0v) is 26.4. The van der Waals surface area contributed by atoms with Crippen LogP contribution in [0.15, 0.2) is 102 Å². The van der Waals surface area contributed by atoms with Gasteiger partial charge in [-0.2, -0.15) is 0 Å². The third kappa shape index (κ3) is 6.58. The Hall–Kier alpha value is -4.19. The van der Waals surface area contributed by atoms with Gasteiger partial charge in [-0.25, -0.2) is 4.99 Å². The van der Waals surface area contributed by atoms with Crippen LogP contribution in [0.1, 0.15) is 30.0 Å². The standard InChI is InChI=1S/C38H45N5/c1-7-11-35-34(30-18-20-43(6)38(23-30)41-25-28(8-2)24-39-4)14-10-15-36(35)33-13-9-12-32(27(33)3)29-16-17-31-26-40-19-21-42(5)37(31)22-29/h8-10,12-18,20,22-23,25,39-40H,2,7,11,19,21,24,26H2,1,3-6H3/b28-25+,41-38-. The summed E-state index contributed by atoms with van der Waals surface area (Å²) in [6, 6.07) is 24.9. The quantitative estimate of drug-likeness (QED) is 0.212. The third-order valence-corrected chi connectivity index (χ3v) is 8.49. The van der Waals surface area contributed by atoms with E-state index in [1.54, 1.807) is 0 Å². The molecule has 5 heteroatoms. The number of nitrogens with zero attached hydrogens (tertiary/aromatic N) is 3. The van der Waals surface area contributed by atoms with Crippen molar-refractivity contribution in [1.29, 1.82) is 0 Å². The van der Waals surface area contributed by atoms with Gasteiger partial charge in [-0.15, -0.1) is 0 Å². The van der Waals surface area contributed by atoms with Crippen molar-refractivity contribution < 1.29 is 0 Å². The van der Waals surface area contributed by atoms with Gasteiger partial charge >= 0.3 is 0 Å². The molecule has 0 aliphatic carbocycles. The number of fused-ring (bicyclic) bond motifs is 1. The summed E-state index contributed by atoms with van der Waals surface area (Å²) in [5, 5.41) is 6.72. The highest BCUT2D eigenvalue weighted by Gasteiger charge is 2.17. The van der Waals surface area contributed by atoms with Gasteiger partial charge in [-0.05, 0) is 94.2 Å². The number of anilines is 1. The van der Waals surface area contributed by atoms with Gasteiger partial charge in [0.25, 0.3) is 0 Å². The fourth-order valence-electron chi connectivity index (χ4n) is 6.07. The normalized spacial score (nSPS) is 14.0. The average Bonchev–Trinajstić information content (AvgIpc) is 3.21. The molecular weight excluding hydrogens is 526 g/mol. The number of hydrogen-bond acceptors (Lipinski definition) is 4. The summed E-state index contributed by atoms with van der Waals surface area (Å²) in [7, 11) is 6.17. The Kier molecular flexibility index (Phi) is 9.75. The number of benzene rings is 3. The van der Waals surface area contributed by atoms with Crippen molar-refractivity contribution in [3.05, 3.63) is 120 Å². The van der Waals surface area contributed by atoms with Gasteiger partial charge < -0.3 is 20.1 Å². The molecule has 2 heterocycles. The van der Waals surface area contributed by atoms with Crippen LogP contribution in [0.4, 0.5) is 5.69 Å². The Bertz CT molecular complexity index is 1710. The van der Waals surface area contributed by atoms with Crippen LogP contribution in [-0.2, 0) is 20.0 Å². The average molecular weight is 572 g/mol. The van der Waals surface area contributed by atoms with Gasteiger partial charge in [0.2, 0.25) is 0 Å². The Morgan fingerprint density at radius 1 is 0.977 bits per heavy atom. The number of nitrogens with one attached hydrogen (secondary N) is 2. The van der Waals surface area contributed by atoms with E-state index in [1.165, 1.54) is 55.8 Å². The lowest BCUT2D eigenvalue weighted by molar-refractivity contribution is 0.707. The molecule has 0 saturated heterocycles. The molecule has 0 fully saturated rings. The number of pyridine rings is 1. The van der Waals surface area contributed by atoms with Crippen LogP contribution in [0.5, 0.6) is 0 Å². The van der Waals surface area contributed by atoms with Gasteiger partial charge in [0.05, 0.1) is 0 Å². The Labute approximate surface area is 257 Å². The summed E-state index contributed by atoms with van der Waals surface area (Å²) in [5.74, 6) is 0. The fourth-order valence-corrected chi connectivity index (χ4v) is 6.07. The van der Waals surface area contributed by atoms with Crippen molar-refractivity contribution >= 4 is 5.69 Å². The third-order valence-electron chi connectivity index (χ3n) is 8.49. The molecule has 1 aliphatic heterocycles. The van der Waals surface area contributed by atoms with E-state index in [0.29, 0.717) is 0 Å². The monoisotopic (exact) mass is 571 g/mol. The predicted octanol–water partition coefficient (Wildman–Crippen LogP) is 7.02. The van der Waals surface area contributed by atoms with Gasteiger partial charge in [-0.1, -0.05) is 74.5 Å². The van der Waals surface area contributed by atoms with Crippen LogP contribution in [0.25, 0.3) is 33.4 Å². The van der Waals surface area contributed by atoms with Crippen LogP contribution < -0.4 is 21.0 Å². The summed E-state index contributed by atoms with van der Waals surface area (Å²) in [4.78, 5) is 7.19. The maximum atomic E-state index is 4.82. The van der Waals surface area contributed by atoms with Gasteiger partial charge in [0, 0.05) is 58.4 Å². The predicted molar refractivity (Wildman–Crippen MR) is 183 cm³/mol. The Morgan fingerprint density at radius 3 is 2.49 bits per heavy atom. The molecule has 0 unspecified atom stereocenters. The minimum Gasteiger partial charge on any atom is -0.373 e. The van der Waals surface area contributed by atoms with Crippen LogP contribution in [-0.4, -0.2) is 38.3 Å². The van der Waals surface area contributed by atoms with Crippen molar-refractivity contribution in [2.75, 3.05) is 38.6 Å². The molecule has 1 aromatic heterocycles. The van der Waals surface area contributed by atoms with Gasteiger partial charge in [0.15, 0.2) is 0 Å². The van der Waals surface area contributed by atoms with E-state index in [0.717, 1.165) is 50.1 Å². The topological polar surface area (TPSA) is 44.6 Å². The first kappa shape index (κ1) is 30.3. The summed E-state index contributed by atoms with van der Waals surface area (Å²) in [6.07, 6.45) is 7.93. The molecule has 3 aromatic carbocycles. The second-order valence-electron chi connectivity index (χ2n) is 11.5. The van der Waals surface area contributed by atoms with Crippen molar-refractivity contribution in [3.63, 3.8) is 0 Å². The van der Waals surface area contributed by atoms with E-state index in [9.17, 15) is 0 Å². The second kappa shape index (κ2) is 13.9. The van der Waals surface area contributed by atoms with E-state index in [1.807, 2.05) is 26.4 Å². The number of aryl methyl sites for hydroxylation is 1. The first-order valence-corrected chi connectivity index (χ1v) is 15.4. The molecule has 43 heavy (non-hydrogen) atoms. The number of aromatic nitrogens is 1. The highest BCUT2D eigenvalue weighted by molar-refractivity contribution is 5.84. The molecule has 0 spiro atoms. The zero-order chi connectivity index (χ0) is 30.3. The molecule has 1 aliphatic rings. The van der Waals surface area contributed by atoms with Crippen LogP contribution >= 0.6 is 0 Å². The summed E-state index contributed by atoms with van der Waals surface area (Å²) in [6.45, 7) is 12.1. The van der Waals surface area contributed by atoms with Crippen molar-refractivity contribution in [1.82, 2.24) is 15.2 Å². The SMILES string of the molecule is C=C/C(=C\N=c1\cc(-c2cccc(-c3cccc(-c4ccc5c(c4)N(C)CCNC5)c3C)c2CCC)ccn1C)CNC. The van der Waals surface area contributed by atoms with E-state index < -0.39 is 0 Å². The van der Waals surface area contributed by atoms with Crippen LogP contribution in [0.2, 0.25) is 0 Å². The molecule has 222 valence electrons. The molecule has 0 amide bonds. The Balaban J connectivity index is 1.61. The molecule has 0 saturated carbocycles. The lowest BCUT2D eigenvalue weighted by atomic mass is 9.86. The summed E-state index contributed by atoms with van der Waals surface area (Å²) < 4.78 is 2.06. The molecule has 2 N–H and O–H groups in total. The van der Waals surface area contributed by atoms with E-state index in [2.05, 4.69) is 121 Å². The minimum absolute atomic E-state index is 0.733. The van der Waals surface area contributed by atoms with Crippen molar-refractivity contribution in [3.8, 4) is 33.4 Å². The molecule has 0 radical (unpaired) electrons. The highest BCUT2D eigenvalue weighted by atomic mass is 15.1. The van der Waals surface area contributed by atoms with Crippen LogP contribution in [0, 0.1) is 6.92 Å². The number of rotatable bonds is 9. The Morgan fingerprint density at radius 2 is 1.72 bits per heavy atom.